The summed E-state index contributed by atoms with van der Waals surface area (Å²) < 4.78 is 5.60. The normalized spacial score (nSPS) is 22.9. The molecular formula is C15H20N2O2. The number of hydrogen-bond donors (Lipinski definition) is 1. The number of amides is 1. The Morgan fingerprint density at radius 2 is 2.21 bits per heavy atom. The summed E-state index contributed by atoms with van der Waals surface area (Å²) in [6.07, 6.45) is 1.50. The molecule has 1 aromatic carbocycles. The Labute approximate surface area is 113 Å². The molecule has 0 spiro atoms. The number of morpholine rings is 1. The number of fused-ring (bicyclic) bond motifs is 1. The van der Waals surface area contributed by atoms with Crippen LogP contribution in [0.1, 0.15) is 17.5 Å². The molecule has 0 bridgehead atoms. The number of nitrogens with one attached hydrogen (secondary N) is 1. The van der Waals surface area contributed by atoms with Crippen molar-refractivity contribution in [2.24, 2.45) is 0 Å². The Bertz CT molecular complexity index is 455. The minimum atomic E-state index is 0.0402. The smallest absolute Gasteiger partial charge is 0.225 e. The zero-order valence-corrected chi connectivity index (χ0v) is 11.1. The number of nitrogens with zero attached hydrogens (tertiary/aromatic N) is 1. The van der Waals surface area contributed by atoms with Crippen molar-refractivity contribution in [2.45, 2.75) is 25.5 Å². The van der Waals surface area contributed by atoms with Gasteiger partial charge in [-0.05, 0) is 17.5 Å². The monoisotopic (exact) mass is 260 g/mol. The largest absolute Gasteiger partial charge is 0.375 e. The van der Waals surface area contributed by atoms with Crippen LogP contribution in [0.5, 0.6) is 0 Å². The van der Waals surface area contributed by atoms with E-state index in [9.17, 15) is 4.79 Å². The van der Waals surface area contributed by atoms with Crippen molar-refractivity contribution in [1.29, 1.82) is 0 Å². The molecule has 1 saturated heterocycles. The molecule has 2 aliphatic rings. The predicted molar refractivity (Wildman–Crippen MR) is 72.8 cm³/mol. The summed E-state index contributed by atoms with van der Waals surface area (Å²) in [6.45, 7) is 3.96. The zero-order chi connectivity index (χ0) is 13.1. The van der Waals surface area contributed by atoms with Gasteiger partial charge in [-0.3, -0.25) is 4.79 Å². The first-order valence-electron chi connectivity index (χ1n) is 7.00. The van der Waals surface area contributed by atoms with Crippen molar-refractivity contribution in [3.8, 4) is 0 Å². The minimum Gasteiger partial charge on any atom is -0.375 e. The standard InChI is InChI=1S/C15H20N2O2/c18-15(9-14-10-16-6-8-19-14)17-7-5-12-3-1-2-4-13(12)11-17/h1-4,14,16H,5-11H2/t14-/m0/s1. The van der Waals surface area contributed by atoms with E-state index in [1.54, 1.807) is 0 Å². The van der Waals surface area contributed by atoms with Gasteiger partial charge in [-0.2, -0.15) is 0 Å². The fourth-order valence-corrected chi connectivity index (χ4v) is 2.78. The molecule has 1 amide bonds. The highest BCUT2D eigenvalue weighted by molar-refractivity contribution is 5.77. The highest BCUT2D eigenvalue weighted by Crippen LogP contribution is 2.19. The number of carbonyl (C=O) groups is 1. The maximum Gasteiger partial charge on any atom is 0.225 e. The van der Waals surface area contributed by atoms with Gasteiger partial charge in [-0.1, -0.05) is 24.3 Å². The fraction of sp³-hybridized carbons (Fsp3) is 0.533. The SMILES string of the molecule is O=C(C[C@H]1CNCCO1)N1CCc2ccccc2C1. The summed E-state index contributed by atoms with van der Waals surface area (Å²) >= 11 is 0. The second-order valence-corrected chi connectivity index (χ2v) is 5.24. The number of carbonyl (C=O) groups excluding carboxylic acids is 1. The van der Waals surface area contributed by atoms with E-state index >= 15 is 0 Å². The lowest BCUT2D eigenvalue weighted by Gasteiger charge is -2.31. The molecule has 1 atom stereocenters. The van der Waals surface area contributed by atoms with Crippen molar-refractivity contribution in [1.82, 2.24) is 10.2 Å². The van der Waals surface area contributed by atoms with Crippen LogP contribution in [0.2, 0.25) is 0 Å². The third-order valence-electron chi connectivity index (χ3n) is 3.89. The maximum atomic E-state index is 12.3. The van der Waals surface area contributed by atoms with Crippen LogP contribution >= 0.6 is 0 Å². The molecule has 4 heteroatoms. The van der Waals surface area contributed by atoms with Gasteiger partial charge in [-0.25, -0.2) is 0 Å². The number of benzene rings is 1. The van der Waals surface area contributed by atoms with E-state index in [1.807, 2.05) is 11.0 Å². The molecule has 2 aliphatic heterocycles. The lowest BCUT2D eigenvalue weighted by Crippen LogP contribution is -2.43. The molecule has 1 fully saturated rings. The van der Waals surface area contributed by atoms with Crippen LogP contribution in [0.4, 0.5) is 0 Å². The van der Waals surface area contributed by atoms with Crippen LogP contribution in [0.25, 0.3) is 0 Å². The Morgan fingerprint density at radius 3 is 3.00 bits per heavy atom. The summed E-state index contributed by atoms with van der Waals surface area (Å²) in [5.74, 6) is 0.211. The van der Waals surface area contributed by atoms with E-state index in [0.29, 0.717) is 13.0 Å². The summed E-state index contributed by atoms with van der Waals surface area (Å²) in [5.41, 5.74) is 2.66. The van der Waals surface area contributed by atoms with Crippen LogP contribution in [-0.2, 0) is 22.5 Å². The van der Waals surface area contributed by atoms with E-state index in [0.717, 1.165) is 32.6 Å². The van der Waals surface area contributed by atoms with E-state index < -0.39 is 0 Å². The molecule has 0 aromatic heterocycles. The quantitative estimate of drug-likeness (QED) is 0.861. The Balaban J connectivity index is 1.59. The molecule has 19 heavy (non-hydrogen) atoms. The Morgan fingerprint density at radius 1 is 1.37 bits per heavy atom. The van der Waals surface area contributed by atoms with Gasteiger partial charge in [0.25, 0.3) is 0 Å². The molecule has 2 heterocycles. The van der Waals surface area contributed by atoms with Gasteiger partial charge in [0, 0.05) is 26.2 Å². The average molecular weight is 260 g/mol. The van der Waals surface area contributed by atoms with Crippen molar-refractivity contribution in [3.63, 3.8) is 0 Å². The molecule has 102 valence electrons. The zero-order valence-electron chi connectivity index (χ0n) is 11.1. The predicted octanol–water partition coefficient (Wildman–Crippen LogP) is 0.950. The Kier molecular flexibility index (Phi) is 3.80. The summed E-state index contributed by atoms with van der Waals surface area (Å²) in [6, 6.07) is 8.39. The first kappa shape index (κ1) is 12.6. The Hall–Kier alpha value is -1.39. The average Bonchev–Trinajstić information content (AvgIpc) is 2.48. The van der Waals surface area contributed by atoms with Gasteiger partial charge < -0.3 is 15.0 Å². The second-order valence-electron chi connectivity index (χ2n) is 5.24. The summed E-state index contributed by atoms with van der Waals surface area (Å²) in [7, 11) is 0. The molecule has 1 aromatic rings. The first-order chi connectivity index (χ1) is 9.33. The van der Waals surface area contributed by atoms with Crippen LogP contribution in [0, 0.1) is 0 Å². The van der Waals surface area contributed by atoms with Crippen molar-refractivity contribution >= 4 is 5.91 Å². The topological polar surface area (TPSA) is 41.6 Å². The van der Waals surface area contributed by atoms with Crippen molar-refractivity contribution in [3.05, 3.63) is 35.4 Å². The van der Waals surface area contributed by atoms with Gasteiger partial charge >= 0.3 is 0 Å². The van der Waals surface area contributed by atoms with Gasteiger partial charge in [0.05, 0.1) is 19.1 Å². The molecular weight excluding hydrogens is 240 g/mol. The minimum absolute atomic E-state index is 0.0402. The van der Waals surface area contributed by atoms with E-state index in [-0.39, 0.29) is 12.0 Å². The summed E-state index contributed by atoms with van der Waals surface area (Å²) in [5, 5.41) is 3.26. The first-order valence-corrected chi connectivity index (χ1v) is 7.00. The maximum absolute atomic E-state index is 12.3. The van der Waals surface area contributed by atoms with Crippen molar-refractivity contribution in [2.75, 3.05) is 26.2 Å². The third kappa shape index (κ3) is 2.96. The number of rotatable bonds is 2. The number of hydrogen-bond acceptors (Lipinski definition) is 3. The van der Waals surface area contributed by atoms with Gasteiger partial charge in [0.2, 0.25) is 5.91 Å². The van der Waals surface area contributed by atoms with Gasteiger partial charge in [0.1, 0.15) is 0 Å². The molecule has 1 N–H and O–H groups in total. The van der Waals surface area contributed by atoms with Crippen LogP contribution in [0.15, 0.2) is 24.3 Å². The molecule has 3 rings (SSSR count). The van der Waals surface area contributed by atoms with E-state index in [4.69, 9.17) is 4.74 Å². The van der Waals surface area contributed by atoms with Crippen LogP contribution in [-0.4, -0.2) is 43.2 Å². The fourth-order valence-electron chi connectivity index (χ4n) is 2.78. The van der Waals surface area contributed by atoms with E-state index in [1.165, 1.54) is 11.1 Å². The summed E-state index contributed by atoms with van der Waals surface area (Å²) in [4.78, 5) is 14.3. The van der Waals surface area contributed by atoms with Crippen LogP contribution < -0.4 is 5.32 Å². The highest BCUT2D eigenvalue weighted by atomic mass is 16.5. The lowest BCUT2D eigenvalue weighted by molar-refractivity contribution is -0.135. The highest BCUT2D eigenvalue weighted by Gasteiger charge is 2.24. The molecule has 0 saturated carbocycles. The van der Waals surface area contributed by atoms with E-state index in [2.05, 4.69) is 23.5 Å². The lowest BCUT2D eigenvalue weighted by atomic mass is 9.99. The molecule has 0 aliphatic carbocycles. The molecule has 0 radical (unpaired) electrons. The molecule has 4 nitrogen and oxygen atoms in total. The van der Waals surface area contributed by atoms with Crippen LogP contribution in [0.3, 0.4) is 0 Å². The second kappa shape index (κ2) is 5.72. The van der Waals surface area contributed by atoms with Gasteiger partial charge in [0.15, 0.2) is 0 Å². The number of ether oxygens (including phenoxy) is 1. The third-order valence-corrected chi connectivity index (χ3v) is 3.89. The van der Waals surface area contributed by atoms with Crippen molar-refractivity contribution < 1.29 is 9.53 Å². The molecule has 0 unspecified atom stereocenters. The van der Waals surface area contributed by atoms with Gasteiger partial charge in [-0.15, -0.1) is 0 Å².